The Labute approximate surface area is 117 Å². The second-order valence-corrected chi connectivity index (χ2v) is 4.76. The fourth-order valence-corrected chi connectivity index (χ4v) is 2.00. The van der Waals surface area contributed by atoms with Crippen molar-refractivity contribution < 1.29 is 19.0 Å². The van der Waals surface area contributed by atoms with Gasteiger partial charge in [0.1, 0.15) is 12.2 Å². The highest BCUT2D eigenvalue weighted by molar-refractivity contribution is 9.10. The summed E-state index contributed by atoms with van der Waals surface area (Å²) >= 11 is 3.13. The van der Waals surface area contributed by atoms with Crippen molar-refractivity contribution in [3.63, 3.8) is 0 Å². The summed E-state index contributed by atoms with van der Waals surface area (Å²) in [6, 6.07) is 11.8. The molecule has 0 heterocycles. The van der Waals surface area contributed by atoms with E-state index < -0.39 is 17.3 Å². The van der Waals surface area contributed by atoms with E-state index in [0.717, 1.165) is 5.56 Å². The SMILES string of the molecule is O=C(O)c1cc(Br)cc(OCc2ccccc2)c1F. The molecule has 0 spiro atoms. The number of carbonyl (C=O) groups is 1. The minimum atomic E-state index is -1.33. The highest BCUT2D eigenvalue weighted by Gasteiger charge is 2.16. The highest BCUT2D eigenvalue weighted by Crippen LogP contribution is 2.27. The van der Waals surface area contributed by atoms with E-state index in [9.17, 15) is 9.18 Å². The number of rotatable bonds is 4. The first kappa shape index (κ1) is 13.5. The minimum absolute atomic E-state index is 0.0874. The number of ether oxygens (including phenoxy) is 1. The molecule has 5 heteroatoms. The first-order valence-corrected chi connectivity index (χ1v) is 6.26. The van der Waals surface area contributed by atoms with E-state index in [1.807, 2.05) is 30.3 Å². The monoisotopic (exact) mass is 324 g/mol. The summed E-state index contributed by atoms with van der Waals surface area (Å²) in [4.78, 5) is 10.9. The van der Waals surface area contributed by atoms with Crippen molar-refractivity contribution in [2.45, 2.75) is 6.61 Å². The van der Waals surface area contributed by atoms with E-state index in [1.165, 1.54) is 12.1 Å². The largest absolute Gasteiger partial charge is 0.486 e. The van der Waals surface area contributed by atoms with Gasteiger partial charge in [-0.05, 0) is 17.7 Å². The molecule has 0 aromatic heterocycles. The number of benzene rings is 2. The van der Waals surface area contributed by atoms with Crippen LogP contribution in [0.3, 0.4) is 0 Å². The standard InChI is InChI=1S/C14H10BrFO3/c15-10-6-11(14(17)18)13(16)12(7-10)19-8-9-4-2-1-3-5-9/h1-7H,8H2,(H,17,18). The summed E-state index contributed by atoms with van der Waals surface area (Å²) in [6.45, 7) is 0.174. The van der Waals surface area contributed by atoms with E-state index in [1.54, 1.807) is 0 Å². The molecule has 2 rings (SSSR count). The molecule has 0 aliphatic rings. The zero-order valence-corrected chi connectivity index (χ0v) is 11.4. The molecule has 1 N–H and O–H groups in total. The number of aromatic carboxylic acids is 1. The number of halogens is 2. The van der Waals surface area contributed by atoms with Gasteiger partial charge in [-0.3, -0.25) is 0 Å². The lowest BCUT2D eigenvalue weighted by atomic mass is 10.2. The van der Waals surface area contributed by atoms with Gasteiger partial charge in [0.15, 0.2) is 11.6 Å². The van der Waals surface area contributed by atoms with Crippen LogP contribution in [0.15, 0.2) is 46.9 Å². The van der Waals surface area contributed by atoms with E-state index in [-0.39, 0.29) is 12.4 Å². The van der Waals surface area contributed by atoms with Crippen molar-refractivity contribution in [3.8, 4) is 5.75 Å². The maximum Gasteiger partial charge on any atom is 0.338 e. The van der Waals surface area contributed by atoms with Crippen LogP contribution in [0.4, 0.5) is 4.39 Å². The van der Waals surface area contributed by atoms with Crippen LogP contribution in [0.2, 0.25) is 0 Å². The number of hydrogen-bond acceptors (Lipinski definition) is 2. The summed E-state index contributed by atoms with van der Waals surface area (Å²) in [5, 5.41) is 8.88. The normalized spacial score (nSPS) is 10.2. The van der Waals surface area contributed by atoms with Crippen molar-refractivity contribution in [2.24, 2.45) is 0 Å². The van der Waals surface area contributed by atoms with Crippen LogP contribution < -0.4 is 4.74 Å². The smallest absolute Gasteiger partial charge is 0.338 e. The van der Waals surface area contributed by atoms with Gasteiger partial charge in [-0.2, -0.15) is 0 Å². The van der Waals surface area contributed by atoms with Gasteiger partial charge in [-0.1, -0.05) is 46.3 Å². The predicted octanol–water partition coefficient (Wildman–Crippen LogP) is 3.87. The second kappa shape index (κ2) is 5.84. The molecule has 98 valence electrons. The van der Waals surface area contributed by atoms with Gasteiger partial charge in [-0.15, -0.1) is 0 Å². The molecule has 2 aromatic rings. The van der Waals surface area contributed by atoms with Crippen LogP contribution in [-0.2, 0) is 6.61 Å². The van der Waals surface area contributed by atoms with Crippen molar-refractivity contribution in [1.29, 1.82) is 0 Å². The third kappa shape index (κ3) is 3.32. The number of carboxylic acids is 1. The van der Waals surface area contributed by atoms with Gasteiger partial charge < -0.3 is 9.84 Å². The third-order valence-corrected chi connectivity index (χ3v) is 2.93. The number of carboxylic acid groups (broad SMARTS) is 1. The van der Waals surface area contributed by atoms with Gasteiger partial charge in [0.05, 0.1) is 0 Å². The van der Waals surface area contributed by atoms with Gasteiger partial charge in [-0.25, -0.2) is 9.18 Å². The Morgan fingerprint density at radius 1 is 1.26 bits per heavy atom. The Bertz CT molecular complexity index is 599. The van der Waals surface area contributed by atoms with Crippen LogP contribution >= 0.6 is 15.9 Å². The highest BCUT2D eigenvalue weighted by atomic mass is 79.9. The molecular formula is C14H10BrFO3. The van der Waals surface area contributed by atoms with E-state index in [2.05, 4.69) is 15.9 Å². The fraction of sp³-hybridized carbons (Fsp3) is 0.0714. The summed E-state index contributed by atoms with van der Waals surface area (Å²) < 4.78 is 19.7. The molecule has 0 aliphatic heterocycles. The van der Waals surface area contributed by atoms with Crippen LogP contribution in [0, 0.1) is 5.82 Å². The summed E-state index contributed by atoms with van der Waals surface area (Å²) in [6.07, 6.45) is 0. The Morgan fingerprint density at radius 2 is 1.95 bits per heavy atom. The van der Waals surface area contributed by atoms with Crippen molar-refractivity contribution >= 4 is 21.9 Å². The van der Waals surface area contributed by atoms with Gasteiger partial charge in [0.2, 0.25) is 0 Å². The third-order valence-electron chi connectivity index (χ3n) is 2.47. The van der Waals surface area contributed by atoms with Crippen molar-refractivity contribution in [3.05, 3.63) is 63.9 Å². The van der Waals surface area contributed by atoms with Crippen LogP contribution in [0.5, 0.6) is 5.75 Å². The average molecular weight is 325 g/mol. The molecule has 3 nitrogen and oxygen atoms in total. The lowest BCUT2D eigenvalue weighted by molar-refractivity contribution is 0.0690. The summed E-state index contributed by atoms with van der Waals surface area (Å²) in [5.41, 5.74) is 0.455. The fourth-order valence-electron chi connectivity index (χ4n) is 1.56. The Hall–Kier alpha value is -1.88. The van der Waals surface area contributed by atoms with Gasteiger partial charge in [0, 0.05) is 4.47 Å². The molecular weight excluding hydrogens is 315 g/mol. The molecule has 0 bridgehead atoms. The molecule has 0 aliphatic carbocycles. The topological polar surface area (TPSA) is 46.5 Å². The summed E-state index contributed by atoms with van der Waals surface area (Å²) in [5.74, 6) is -2.29. The molecule has 0 unspecified atom stereocenters. The molecule has 0 saturated carbocycles. The van der Waals surface area contributed by atoms with E-state index in [4.69, 9.17) is 9.84 Å². The van der Waals surface area contributed by atoms with Gasteiger partial charge >= 0.3 is 5.97 Å². The zero-order valence-electron chi connectivity index (χ0n) is 9.77. The second-order valence-electron chi connectivity index (χ2n) is 3.84. The molecule has 0 fully saturated rings. The first-order valence-electron chi connectivity index (χ1n) is 5.47. The molecule has 0 radical (unpaired) electrons. The predicted molar refractivity (Wildman–Crippen MR) is 71.8 cm³/mol. The molecule has 19 heavy (non-hydrogen) atoms. The number of hydrogen-bond donors (Lipinski definition) is 1. The van der Waals surface area contributed by atoms with E-state index in [0.29, 0.717) is 4.47 Å². The molecule has 0 saturated heterocycles. The first-order chi connectivity index (χ1) is 9.08. The van der Waals surface area contributed by atoms with E-state index >= 15 is 0 Å². The molecule has 0 atom stereocenters. The Balaban J connectivity index is 2.23. The lowest BCUT2D eigenvalue weighted by Crippen LogP contribution is -2.04. The lowest BCUT2D eigenvalue weighted by Gasteiger charge is -2.09. The molecule has 2 aromatic carbocycles. The molecule has 0 amide bonds. The quantitative estimate of drug-likeness (QED) is 0.928. The Kier molecular flexibility index (Phi) is 4.16. The van der Waals surface area contributed by atoms with Crippen LogP contribution in [0.25, 0.3) is 0 Å². The maximum atomic E-state index is 13.9. The Morgan fingerprint density at radius 3 is 2.58 bits per heavy atom. The van der Waals surface area contributed by atoms with Crippen LogP contribution in [0.1, 0.15) is 15.9 Å². The average Bonchev–Trinajstić information content (AvgIpc) is 2.40. The summed E-state index contributed by atoms with van der Waals surface area (Å²) in [7, 11) is 0. The van der Waals surface area contributed by atoms with Crippen LogP contribution in [-0.4, -0.2) is 11.1 Å². The van der Waals surface area contributed by atoms with Gasteiger partial charge in [0.25, 0.3) is 0 Å². The maximum absolute atomic E-state index is 13.9. The zero-order chi connectivity index (χ0) is 13.8. The van der Waals surface area contributed by atoms with Crippen molar-refractivity contribution in [1.82, 2.24) is 0 Å². The van der Waals surface area contributed by atoms with Crippen molar-refractivity contribution in [2.75, 3.05) is 0 Å². The minimum Gasteiger partial charge on any atom is -0.486 e.